The van der Waals surface area contributed by atoms with Crippen molar-refractivity contribution in [1.82, 2.24) is 5.32 Å². The fraction of sp³-hybridized carbons (Fsp3) is 0.240. The van der Waals surface area contributed by atoms with Gasteiger partial charge in [-0.25, -0.2) is 4.79 Å². The quantitative estimate of drug-likeness (QED) is 0.326. The summed E-state index contributed by atoms with van der Waals surface area (Å²) in [6.45, 7) is 4.96. The van der Waals surface area contributed by atoms with E-state index in [9.17, 15) is 14.4 Å². The molecule has 3 rings (SSSR count). The number of esters is 1. The van der Waals surface area contributed by atoms with Crippen LogP contribution in [-0.4, -0.2) is 31.0 Å². The Hall–Kier alpha value is -3.07. The molecule has 2 amide bonds. The van der Waals surface area contributed by atoms with Crippen LogP contribution in [0.4, 0.5) is 5.00 Å². The smallest absolute Gasteiger partial charge is 0.341 e. The van der Waals surface area contributed by atoms with Crippen molar-refractivity contribution < 1.29 is 23.9 Å². The van der Waals surface area contributed by atoms with Gasteiger partial charge >= 0.3 is 5.97 Å². The second kappa shape index (κ2) is 12.1. The minimum absolute atomic E-state index is 0.132. The second-order valence-corrected chi connectivity index (χ2v) is 9.36. The van der Waals surface area contributed by atoms with Gasteiger partial charge in [0, 0.05) is 5.02 Å². The molecule has 0 aliphatic heterocycles. The molecule has 1 heterocycles. The first-order valence-corrected chi connectivity index (χ1v) is 12.3. The first-order chi connectivity index (χ1) is 16.7. The maximum absolute atomic E-state index is 13.0. The summed E-state index contributed by atoms with van der Waals surface area (Å²) < 4.78 is 10.6. The van der Waals surface area contributed by atoms with E-state index >= 15 is 0 Å². The Morgan fingerprint density at radius 3 is 2.46 bits per heavy atom. The van der Waals surface area contributed by atoms with E-state index in [1.165, 1.54) is 6.07 Å². The molecule has 2 aromatic carbocycles. The van der Waals surface area contributed by atoms with Gasteiger partial charge in [0.05, 0.1) is 28.1 Å². The van der Waals surface area contributed by atoms with Crippen LogP contribution in [0.25, 0.3) is 0 Å². The van der Waals surface area contributed by atoms with Gasteiger partial charge in [0.2, 0.25) is 0 Å². The Bertz CT molecular complexity index is 1230. The molecule has 0 bridgehead atoms. The van der Waals surface area contributed by atoms with Crippen molar-refractivity contribution in [3.05, 3.63) is 80.1 Å². The molecular weight excluding hydrogens is 511 g/mol. The predicted octanol–water partition coefficient (Wildman–Crippen LogP) is 6.05. The fourth-order valence-electron chi connectivity index (χ4n) is 3.25. The van der Waals surface area contributed by atoms with Crippen LogP contribution < -0.4 is 15.4 Å². The van der Waals surface area contributed by atoms with E-state index in [1.807, 2.05) is 37.3 Å². The van der Waals surface area contributed by atoms with Crippen molar-refractivity contribution >= 4 is 57.3 Å². The molecule has 0 saturated carbocycles. The standard InChI is InChI=1S/C25H24Cl2N2O5S/c1-4-33-25(32)21-14(2)22(23(31)28-15(3)16-8-6-5-7-9-16)35-24(21)29-20(30)13-34-19-11-10-17(26)12-18(19)27/h5-12,15H,4,13H2,1-3H3,(H,28,31)(H,29,30). The average Bonchev–Trinajstić information content (AvgIpc) is 3.14. The summed E-state index contributed by atoms with van der Waals surface area (Å²) in [4.78, 5) is 38.6. The van der Waals surface area contributed by atoms with Gasteiger partial charge in [-0.1, -0.05) is 53.5 Å². The number of thiophene rings is 1. The molecule has 3 aromatic rings. The molecule has 1 unspecified atom stereocenters. The molecule has 35 heavy (non-hydrogen) atoms. The Morgan fingerprint density at radius 1 is 1.09 bits per heavy atom. The molecule has 0 aliphatic rings. The summed E-state index contributed by atoms with van der Waals surface area (Å²) >= 11 is 12.9. The molecule has 0 radical (unpaired) electrons. The number of benzene rings is 2. The minimum atomic E-state index is -0.631. The third kappa shape index (κ3) is 6.75. The SMILES string of the molecule is CCOC(=O)c1c(NC(=O)COc2ccc(Cl)cc2Cl)sc(C(=O)NC(C)c2ccccc2)c1C. The molecule has 0 fully saturated rings. The van der Waals surface area contributed by atoms with Gasteiger partial charge in [-0.2, -0.15) is 0 Å². The van der Waals surface area contributed by atoms with Gasteiger partial charge in [-0.3, -0.25) is 9.59 Å². The molecule has 0 saturated heterocycles. The molecule has 0 aliphatic carbocycles. The molecule has 184 valence electrons. The van der Waals surface area contributed by atoms with Crippen molar-refractivity contribution in [1.29, 1.82) is 0 Å². The summed E-state index contributed by atoms with van der Waals surface area (Å²) in [5, 5.41) is 6.49. The fourth-order valence-corrected chi connectivity index (χ4v) is 4.83. The Labute approximate surface area is 217 Å². The summed E-state index contributed by atoms with van der Waals surface area (Å²) in [6, 6.07) is 13.9. The normalized spacial score (nSPS) is 11.5. The minimum Gasteiger partial charge on any atom is -0.482 e. The third-order valence-electron chi connectivity index (χ3n) is 4.99. The predicted molar refractivity (Wildman–Crippen MR) is 138 cm³/mol. The molecule has 1 aromatic heterocycles. The van der Waals surface area contributed by atoms with Crippen molar-refractivity contribution in [3.63, 3.8) is 0 Å². The highest BCUT2D eigenvalue weighted by Gasteiger charge is 2.27. The average molecular weight is 535 g/mol. The highest BCUT2D eigenvalue weighted by atomic mass is 35.5. The maximum Gasteiger partial charge on any atom is 0.341 e. The number of ether oxygens (including phenoxy) is 2. The van der Waals surface area contributed by atoms with Gasteiger partial charge in [-0.15, -0.1) is 11.3 Å². The number of halogens is 2. The molecule has 0 spiro atoms. The van der Waals surface area contributed by atoms with E-state index in [0.29, 0.717) is 15.5 Å². The van der Waals surface area contributed by atoms with Crippen molar-refractivity contribution in [2.75, 3.05) is 18.5 Å². The van der Waals surface area contributed by atoms with Crippen LogP contribution in [0.3, 0.4) is 0 Å². The Morgan fingerprint density at radius 2 is 1.80 bits per heavy atom. The van der Waals surface area contributed by atoms with Crippen LogP contribution in [0, 0.1) is 6.92 Å². The van der Waals surface area contributed by atoms with Crippen LogP contribution in [-0.2, 0) is 9.53 Å². The highest BCUT2D eigenvalue weighted by molar-refractivity contribution is 7.18. The number of carbonyl (C=O) groups excluding carboxylic acids is 3. The lowest BCUT2D eigenvalue weighted by Gasteiger charge is -2.14. The largest absolute Gasteiger partial charge is 0.482 e. The van der Waals surface area contributed by atoms with E-state index in [4.69, 9.17) is 32.7 Å². The molecule has 1 atom stereocenters. The number of hydrogen-bond donors (Lipinski definition) is 2. The Balaban J connectivity index is 1.79. The van der Waals surface area contributed by atoms with Gasteiger partial charge < -0.3 is 20.1 Å². The Kier molecular flexibility index (Phi) is 9.14. The second-order valence-electron chi connectivity index (χ2n) is 7.50. The van der Waals surface area contributed by atoms with Crippen LogP contribution in [0.5, 0.6) is 5.75 Å². The zero-order chi connectivity index (χ0) is 25.5. The zero-order valence-corrected chi connectivity index (χ0v) is 21.6. The number of carbonyl (C=O) groups is 3. The zero-order valence-electron chi connectivity index (χ0n) is 19.3. The maximum atomic E-state index is 13.0. The molecule has 2 N–H and O–H groups in total. The van der Waals surface area contributed by atoms with Crippen LogP contribution in [0.15, 0.2) is 48.5 Å². The van der Waals surface area contributed by atoms with Gasteiger partial charge in [0.25, 0.3) is 11.8 Å². The van der Waals surface area contributed by atoms with Gasteiger partial charge in [0.1, 0.15) is 10.8 Å². The summed E-state index contributed by atoms with van der Waals surface area (Å²) in [5.41, 5.74) is 1.49. The van der Waals surface area contributed by atoms with E-state index in [1.54, 1.807) is 26.0 Å². The number of nitrogens with one attached hydrogen (secondary N) is 2. The molecule has 7 nitrogen and oxygen atoms in total. The molecule has 10 heteroatoms. The first-order valence-electron chi connectivity index (χ1n) is 10.7. The van der Waals surface area contributed by atoms with Gasteiger partial charge in [-0.05, 0) is 50.1 Å². The van der Waals surface area contributed by atoms with E-state index in [0.717, 1.165) is 16.9 Å². The van der Waals surface area contributed by atoms with Crippen LogP contribution >= 0.6 is 34.5 Å². The highest BCUT2D eigenvalue weighted by Crippen LogP contribution is 2.34. The summed E-state index contributed by atoms with van der Waals surface area (Å²) in [7, 11) is 0. The number of hydrogen-bond acceptors (Lipinski definition) is 6. The summed E-state index contributed by atoms with van der Waals surface area (Å²) in [5.74, 6) is -1.24. The van der Waals surface area contributed by atoms with Crippen molar-refractivity contribution in [3.8, 4) is 5.75 Å². The molecular formula is C25H24Cl2N2O5S. The van der Waals surface area contributed by atoms with E-state index in [2.05, 4.69) is 10.6 Å². The monoisotopic (exact) mass is 534 g/mol. The lowest BCUT2D eigenvalue weighted by atomic mass is 10.1. The van der Waals surface area contributed by atoms with E-state index < -0.39 is 11.9 Å². The lowest BCUT2D eigenvalue weighted by Crippen LogP contribution is -2.26. The van der Waals surface area contributed by atoms with Crippen LogP contribution in [0.1, 0.15) is 51.0 Å². The topological polar surface area (TPSA) is 93.7 Å². The lowest BCUT2D eigenvalue weighted by molar-refractivity contribution is -0.118. The van der Waals surface area contributed by atoms with Crippen LogP contribution in [0.2, 0.25) is 10.0 Å². The number of anilines is 1. The van der Waals surface area contributed by atoms with Crippen molar-refractivity contribution in [2.24, 2.45) is 0 Å². The van der Waals surface area contributed by atoms with Gasteiger partial charge in [0.15, 0.2) is 6.61 Å². The first kappa shape index (κ1) is 26.5. The number of amides is 2. The number of rotatable bonds is 9. The summed E-state index contributed by atoms with van der Waals surface area (Å²) in [6.07, 6.45) is 0. The third-order valence-corrected chi connectivity index (χ3v) is 6.72. The van der Waals surface area contributed by atoms with E-state index in [-0.39, 0.29) is 46.5 Å². The van der Waals surface area contributed by atoms with Crippen molar-refractivity contribution in [2.45, 2.75) is 26.8 Å².